The Morgan fingerprint density at radius 1 is 1.40 bits per heavy atom. The van der Waals surface area contributed by atoms with Gasteiger partial charge in [0, 0.05) is 12.7 Å². The van der Waals surface area contributed by atoms with Crippen LogP contribution in [0.5, 0.6) is 0 Å². The highest BCUT2D eigenvalue weighted by atomic mass is 16.6. The minimum atomic E-state index is 0.0127. The van der Waals surface area contributed by atoms with Crippen molar-refractivity contribution in [3.63, 3.8) is 0 Å². The molecule has 0 aromatic carbocycles. The topological polar surface area (TPSA) is 18.5 Å². The Hall–Kier alpha value is -0.0151. The molecule has 1 saturated heterocycles. The van der Waals surface area contributed by atoms with E-state index in [9.17, 15) is 0 Å². The third kappa shape index (κ3) is 3.91. The predicted molar refractivity (Wildman–Crippen MR) is 44.1 cm³/mol. The summed E-state index contributed by atoms with van der Waals surface area (Å²) in [5.41, 5.74) is 0. The zero-order valence-electron chi connectivity index (χ0n) is 7.39. The highest BCUT2D eigenvalue weighted by molar-refractivity contribution is 6.42. The molecule has 0 radical (unpaired) electrons. The van der Waals surface area contributed by atoms with Gasteiger partial charge in [-0.15, -0.1) is 0 Å². The lowest BCUT2D eigenvalue weighted by atomic mass is 9.93. The molecule has 0 spiro atoms. The third-order valence-corrected chi connectivity index (χ3v) is 1.30. The van der Waals surface area contributed by atoms with Crippen molar-refractivity contribution in [1.82, 2.24) is 0 Å². The highest BCUT2D eigenvalue weighted by Gasteiger charge is 2.19. The van der Waals surface area contributed by atoms with Crippen molar-refractivity contribution in [2.24, 2.45) is 0 Å². The van der Waals surface area contributed by atoms with Gasteiger partial charge in [-0.2, -0.15) is 0 Å². The first-order valence-electron chi connectivity index (χ1n) is 4.06. The molecule has 0 bridgehead atoms. The van der Waals surface area contributed by atoms with E-state index >= 15 is 0 Å². The van der Waals surface area contributed by atoms with E-state index in [1.54, 1.807) is 0 Å². The van der Waals surface area contributed by atoms with Gasteiger partial charge in [0.15, 0.2) is 0 Å². The van der Waals surface area contributed by atoms with Gasteiger partial charge in [-0.05, 0) is 20.2 Å². The minimum absolute atomic E-state index is 0.0127. The molecule has 1 aliphatic heterocycles. The first-order valence-corrected chi connectivity index (χ1v) is 4.06. The summed E-state index contributed by atoms with van der Waals surface area (Å²) in [6, 6.07) is 0. The summed E-state index contributed by atoms with van der Waals surface area (Å²) in [7, 11) is 0.0127. The summed E-state index contributed by atoms with van der Waals surface area (Å²) in [5, 5.41) is 0. The summed E-state index contributed by atoms with van der Waals surface area (Å²) >= 11 is 0. The molecule has 10 heavy (non-hydrogen) atoms. The maximum absolute atomic E-state index is 5.26. The van der Waals surface area contributed by atoms with Crippen molar-refractivity contribution >= 4 is 7.12 Å². The van der Waals surface area contributed by atoms with Crippen LogP contribution in [0.15, 0.2) is 0 Å². The van der Waals surface area contributed by atoms with E-state index in [1.165, 1.54) is 0 Å². The van der Waals surface area contributed by atoms with Crippen LogP contribution < -0.4 is 0 Å². The molecule has 0 aliphatic carbocycles. The zero-order valence-corrected chi connectivity index (χ0v) is 7.39. The number of hydrogen-bond acceptors (Lipinski definition) is 2. The van der Waals surface area contributed by atoms with E-state index in [2.05, 4.69) is 6.92 Å². The Balaban J connectivity index is 0.000000371. The fourth-order valence-corrected chi connectivity index (χ4v) is 0.834. The molecular weight excluding hydrogens is 127 g/mol. The first kappa shape index (κ1) is 9.98. The Bertz CT molecular complexity index is 70.0. The average molecular weight is 144 g/mol. The molecule has 0 aromatic heterocycles. The third-order valence-electron chi connectivity index (χ3n) is 1.30. The maximum atomic E-state index is 5.26. The van der Waals surface area contributed by atoms with E-state index in [1.807, 2.05) is 20.7 Å². The fourth-order valence-electron chi connectivity index (χ4n) is 0.834. The largest absolute Gasteiger partial charge is 0.453 e. The molecule has 0 N–H and O–H groups in total. The monoisotopic (exact) mass is 144 g/mol. The Morgan fingerprint density at radius 2 is 2.00 bits per heavy atom. The molecule has 1 heterocycles. The van der Waals surface area contributed by atoms with Crippen molar-refractivity contribution < 1.29 is 9.31 Å². The predicted octanol–water partition coefficient (Wildman–Crippen LogP) is 1.96. The second-order valence-corrected chi connectivity index (χ2v) is 2.17. The zero-order chi connectivity index (χ0) is 7.98. The van der Waals surface area contributed by atoms with Gasteiger partial charge in [0.1, 0.15) is 0 Å². The van der Waals surface area contributed by atoms with Crippen molar-refractivity contribution in [2.45, 2.75) is 40.1 Å². The highest BCUT2D eigenvalue weighted by Crippen LogP contribution is 2.07. The first-order chi connectivity index (χ1) is 4.79. The molecule has 0 saturated carbocycles. The van der Waals surface area contributed by atoms with Crippen LogP contribution in [0.1, 0.15) is 27.2 Å². The molecule has 1 aliphatic rings. The second kappa shape index (κ2) is 5.75. The SMILES string of the molecule is CB1OCCC(C)O1.CC. The van der Waals surface area contributed by atoms with E-state index in [0.717, 1.165) is 13.0 Å². The van der Waals surface area contributed by atoms with E-state index < -0.39 is 0 Å². The molecule has 2 nitrogen and oxygen atoms in total. The summed E-state index contributed by atoms with van der Waals surface area (Å²) in [6.45, 7) is 8.84. The van der Waals surface area contributed by atoms with Crippen LogP contribution >= 0.6 is 0 Å². The van der Waals surface area contributed by atoms with Gasteiger partial charge in [-0.3, -0.25) is 0 Å². The number of rotatable bonds is 0. The summed E-state index contributed by atoms with van der Waals surface area (Å²) in [4.78, 5) is 0. The molecule has 1 unspecified atom stereocenters. The smallest absolute Gasteiger partial charge is 0.411 e. The lowest BCUT2D eigenvalue weighted by molar-refractivity contribution is 0.0820. The van der Waals surface area contributed by atoms with Gasteiger partial charge in [-0.1, -0.05) is 13.8 Å². The minimum Gasteiger partial charge on any atom is -0.411 e. The Morgan fingerprint density at radius 3 is 2.30 bits per heavy atom. The second-order valence-electron chi connectivity index (χ2n) is 2.17. The molecular formula is C7H17BO2. The quantitative estimate of drug-likeness (QED) is 0.483. The molecule has 1 rings (SSSR count). The van der Waals surface area contributed by atoms with Crippen LogP contribution in [0, 0.1) is 0 Å². The van der Waals surface area contributed by atoms with Crippen LogP contribution in [0.2, 0.25) is 6.82 Å². The van der Waals surface area contributed by atoms with Gasteiger partial charge in [0.2, 0.25) is 0 Å². The lowest BCUT2D eigenvalue weighted by Crippen LogP contribution is -2.31. The molecule has 0 amide bonds. The van der Waals surface area contributed by atoms with Crippen LogP contribution in [-0.2, 0) is 9.31 Å². The van der Waals surface area contributed by atoms with Crippen LogP contribution in [0.3, 0.4) is 0 Å². The maximum Gasteiger partial charge on any atom is 0.453 e. The van der Waals surface area contributed by atoms with Crippen molar-refractivity contribution in [3.05, 3.63) is 0 Å². The van der Waals surface area contributed by atoms with Crippen LogP contribution in [-0.4, -0.2) is 19.8 Å². The average Bonchev–Trinajstić information content (AvgIpc) is 1.91. The summed E-state index contributed by atoms with van der Waals surface area (Å²) in [5.74, 6) is 0. The molecule has 1 fully saturated rings. The van der Waals surface area contributed by atoms with Gasteiger partial charge in [0.05, 0.1) is 0 Å². The molecule has 1 atom stereocenters. The van der Waals surface area contributed by atoms with Crippen LogP contribution in [0.25, 0.3) is 0 Å². The van der Waals surface area contributed by atoms with Crippen LogP contribution in [0.4, 0.5) is 0 Å². The van der Waals surface area contributed by atoms with Gasteiger partial charge >= 0.3 is 7.12 Å². The Labute approximate surface area is 64.0 Å². The number of hydrogen-bond donors (Lipinski definition) is 0. The van der Waals surface area contributed by atoms with Crippen molar-refractivity contribution in [1.29, 1.82) is 0 Å². The Kier molecular flexibility index (Phi) is 5.74. The molecule has 60 valence electrons. The van der Waals surface area contributed by atoms with E-state index in [4.69, 9.17) is 9.31 Å². The molecule has 0 aromatic rings. The van der Waals surface area contributed by atoms with Crippen molar-refractivity contribution in [2.75, 3.05) is 6.61 Å². The van der Waals surface area contributed by atoms with Gasteiger partial charge in [-0.25, -0.2) is 0 Å². The standard InChI is InChI=1S/C5H11BO2.C2H6/c1-5-3-4-7-6(2)8-5;1-2/h5H,3-4H2,1-2H3;1-2H3. The van der Waals surface area contributed by atoms with Crippen molar-refractivity contribution in [3.8, 4) is 0 Å². The van der Waals surface area contributed by atoms with Gasteiger partial charge < -0.3 is 9.31 Å². The summed E-state index contributed by atoms with van der Waals surface area (Å²) < 4.78 is 10.4. The lowest BCUT2D eigenvalue weighted by Gasteiger charge is -2.22. The normalized spacial score (nSPS) is 25.2. The van der Waals surface area contributed by atoms with E-state index in [-0.39, 0.29) is 7.12 Å². The molecule has 3 heteroatoms. The van der Waals surface area contributed by atoms with Gasteiger partial charge in [0.25, 0.3) is 0 Å². The summed E-state index contributed by atoms with van der Waals surface area (Å²) in [6.07, 6.45) is 1.42. The fraction of sp³-hybridized carbons (Fsp3) is 1.00. The van der Waals surface area contributed by atoms with E-state index in [0.29, 0.717) is 6.10 Å².